The van der Waals surface area contributed by atoms with E-state index >= 15 is 0 Å². The van der Waals surface area contributed by atoms with Gasteiger partial charge in [-0.05, 0) is 29.2 Å². The van der Waals surface area contributed by atoms with Gasteiger partial charge in [0.15, 0.2) is 0 Å². The Kier molecular flexibility index (Phi) is 4.93. The molecule has 2 heterocycles. The average molecular weight is 339 g/mol. The zero-order valence-corrected chi connectivity index (χ0v) is 13.7. The minimum Gasteiger partial charge on any atom is -0.472 e. The molecule has 3 aromatic rings. The monoisotopic (exact) mass is 339 g/mol. The van der Waals surface area contributed by atoms with Gasteiger partial charge in [-0.2, -0.15) is 0 Å². The summed E-state index contributed by atoms with van der Waals surface area (Å²) in [7, 11) is 0. The van der Waals surface area contributed by atoms with E-state index in [-0.39, 0.29) is 12.5 Å². The normalized spacial score (nSPS) is 13.7. The molecule has 1 unspecified atom stereocenters. The van der Waals surface area contributed by atoms with Gasteiger partial charge in [-0.1, -0.05) is 36.4 Å². The summed E-state index contributed by atoms with van der Waals surface area (Å²) in [6.07, 6.45) is 6.19. The molecule has 5 heteroatoms. The molecule has 1 atom stereocenters. The maximum Gasteiger partial charge on any atom is 0.244 e. The Morgan fingerprint density at radius 2 is 2.04 bits per heavy atom. The maximum atomic E-state index is 12.1. The quantitative estimate of drug-likeness (QED) is 0.677. The summed E-state index contributed by atoms with van der Waals surface area (Å²) in [4.78, 5) is 12.8. The van der Waals surface area contributed by atoms with Crippen molar-refractivity contribution in [3.05, 3.63) is 88.5 Å². The molecular weight excluding hydrogens is 322 g/mol. The minimum absolute atomic E-state index is 0.0605. The number of carbonyl (C=O) groups is 1. The Hall–Kier alpha value is -2.63. The molecule has 0 saturated carbocycles. The van der Waals surface area contributed by atoms with E-state index < -0.39 is 5.60 Å². The number of thiophene rings is 1. The number of amides is 1. The molecule has 24 heavy (non-hydrogen) atoms. The molecule has 2 N–H and O–H groups in total. The van der Waals surface area contributed by atoms with E-state index in [9.17, 15) is 9.90 Å². The van der Waals surface area contributed by atoms with Gasteiger partial charge in [0, 0.05) is 16.5 Å². The Morgan fingerprint density at radius 3 is 2.71 bits per heavy atom. The third-order valence-electron chi connectivity index (χ3n) is 3.67. The molecule has 2 aromatic heterocycles. The van der Waals surface area contributed by atoms with E-state index in [2.05, 4.69) is 5.32 Å². The highest BCUT2D eigenvalue weighted by molar-refractivity contribution is 7.10. The van der Waals surface area contributed by atoms with Crippen molar-refractivity contribution >= 4 is 23.3 Å². The van der Waals surface area contributed by atoms with Crippen molar-refractivity contribution in [1.82, 2.24) is 5.32 Å². The summed E-state index contributed by atoms with van der Waals surface area (Å²) in [5.74, 6) is -0.266. The minimum atomic E-state index is -1.31. The summed E-state index contributed by atoms with van der Waals surface area (Å²) >= 11 is 1.43. The Labute approximate surface area is 144 Å². The van der Waals surface area contributed by atoms with Crippen molar-refractivity contribution in [2.24, 2.45) is 0 Å². The van der Waals surface area contributed by atoms with Crippen LogP contribution < -0.4 is 5.32 Å². The van der Waals surface area contributed by atoms with Gasteiger partial charge in [0.25, 0.3) is 0 Å². The molecule has 0 aliphatic heterocycles. The fourth-order valence-corrected chi connectivity index (χ4v) is 3.20. The molecule has 0 aliphatic carbocycles. The van der Waals surface area contributed by atoms with E-state index in [4.69, 9.17) is 4.42 Å². The van der Waals surface area contributed by atoms with Crippen molar-refractivity contribution in [1.29, 1.82) is 0 Å². The number of benzene rings is 1. The van der Waals surface area contributed by atoms with Crippen molar-refractivity contribution in [3.63, 3.8) is 0 Å². The predicted molar refractivity (Wildman–Crippen MR) is 94.5 cm³/mol. The fourth-order valence-electron chi connectivity index (χ4n) is 2.36. The first-order chi connectivity index (χ1) is 11.7. The van der Waals surface area contributed by atoms with Crippen LogP contribution in [0.4, 0.5) is 0 Å². The van der Waals surface area contributed by atoms with Gasteiger partial charge in [0.1, 0.15) is 5.60 Å². The molecule has 3 rings (SSSR count). The van der Waals surface area contributed by atoms with Crippen LogP contribution in [0.1, 0.15) is 16.0 Å². The molecule has 0 fully saturated rings. The molecule has 0 saturated heterocycles. The lowest BCUT2D eigenvalue weighted by molar-refractivity contribution is -0.117. The summed E-state index contributed by atoms with van der Waals surface area (Å²) < 4.78 is 5.09. The highest BCUT2D eigenvalue weighted by Gasteiger charge is 2.34. The van der Waals surface area contributed by atoms with Crippen LogP contribution in [0.15, 0.2) is 76.9 Å². The van der Waals surface area contributed by atoms with Crippen LogP contribution in [0.5, 0.6) is 0 Å². The van der Waals surface area contributed by atoms with Crippen LogP contribution in [-0.4, -0.2) is 17.6 Å². The van der Waals surface area contributed by atoms with E-state index in [0.29, 0.717) is 5.56 Å². The predicted octanol–water partition coefficient (Wildman–Crippen LogP) is 3.41. The topological polar surface area (TPSA) is 62.5 Å². The van der Waals surface area contributed by atoms with Crippen LogP contribution >= 0.6 is 11.3 Å². The number of furan rings is 1. The van der Waals surface area contributed by atoms with Crippen LogP contribution in [0.2, 0.25) is 0 Å². The van der Waals surface area contributed by atoms with Crippen molar-refractivity contribution in [2.75, 3.05) is 6.54 Å². The third-order valence-corrected chi connectivity index (χ3v) is 4.69. The number of aliphatic hydroxyl groups is 1. The molecule has 4 nitrogen and oxygen atoms in total. The van der Waals surface area contributed by atoms with Gasteiger partial charge < -0.3 is 14.8 Å². The number of nitrogens with one attached hydrogen (secondary N) is 1. The van der Waals surface area contributed by atoms with E-state index in [0.717, 1.165) is 10.4 Å². The first kappa shape index (κ1) is 16.2. The second-order valence-electron chi connectivity index (χ2n) is 5.31. The van der Waals surface area contributed by atoms with Crippen molar-refractivity contribution in [2.45, 2.75) is 5.60 Å². The third kappa shape index (κ3) is 3.64. The Morgan fingerprint density at radius 1 is 1.21 bits per heavy atom. The number of carbonyl (C=O) groups excluding carboxylic acids is 1. The molecule has 0 radical (unpaired) electrons. The van der Waals surface area contributed by atoms with Crippen molar-refractivity contribution in [3.8, 4) is 0 Å². The second kappa shape index (κ2) is 7.29. The second-order valence-corrected chi connectivity index (χ2v) is 6.26. The van der Waals surface area contributed by atoms with Crippen LogP contribution in [0.25, 0.3) is 6.08 Å². The van der Waals surface area contributed by atoms with Gasteiger partial charge in [-0.3, -0.25) is 4.79 Å². The van der Waals surface area contributed by atoms with Crippen LogP contribution in [0.3, 0.4) is 0 Å². The maximum absolute atomic E-state index is 12.1. The summed E-state index contributed by atoms with van der Waals surface area (Å²) in [5.41, 5.74) is 0.241. The molecular formula is C19H17NO3S. The molecule has 1 amide bonds. The largest absolute Gasteiger partial charge is 0.472 e. The number of hydrogen-bond acceptors (Lipinski definition) is 4. The lowest BCUT2D eigenvalue weighted by Gasteiger charge is -2.26. The van der Waals surface area contributed by atoms with E-state index in [1.54, 1.807) is 12.1 Å². The van der Waals surface area contributed by atoms with Crippen LogP contribution in [0, 0.1) is 0 Å². The van der Waals surface area contributed by atoms with Gasteiger partial charge in [-0.15, -0.1) is 11.3 Å². The van der Waals surface area contributed by atoms with Gasteiger partial charge >= 0.3 is 0 Å². The van der Waals surface area contributed by atoms with E-state index in [1.807, 2.05) is 47.8 Å². The molecule has 0 aliphatic rings. The van der Waals surface area contributed by atoms with Gasteiger partial charge in [0.05, 0.1) is 19.1 Å². The van der Waals surface area contributed by atoms with Crippen molar-refractivity contribution < 1.29 is 14.3 Å². The molecule has 0 spiro atoms. The Balaban J connectivity index is 1.71. The first-order valence-electron chi connectivity index (χ1n) is 7.48. The average Bonchev–Trinajstić information content (AvgIpc) is 3.32. The highest BCUT2D eigenvalue weighted by atomic mass is 32.1. The Bertz CT molecular complexity index is 758. The van der Waals surface area contributed by atoms with Gasteiger partial charge in [0.2, 0.25) is 5.91 Å². The highest BCUT2D eigenvalue weighted by Crippen LogP contribution is 2.32. The van der Waals surface area contributed by atoms with Gasteiger partial charge in [-0.25, -0.2) is 0 Å². The molecule has 122 valence electrons. The smallest absolute Gasteiger partial charge is 0.244 e. The summed E-state index contributed by atoms with van der Waals surface area (Å²) in [6.45, 7) is 0.0605. The lowest BCUT2D eigenvalue weighted by Crippen LogP contribution is -2.40. The van der Waals surface area contributed by atoms with Crippen LogP contribution in [-0.2, 0) is 10.4 Å². The molecule has 1 aromatic carbocycles. The standard InChI is InChI=1S/C19H17NO3S/c21-18(9-8-15-5-2-1-3-6-15)20-14-19(22,16-10-11-23-13-16)17-7-4-12-24-17/h1-13,22H,14H2,(H,20,21)/b9-8+. The SMILES string of the molecule is O=C(/C=C/c1ccccc1)NCC(O)(c1ccoc1)c1cccs1. The zero-order valence-electron chi connectivity index (χ0n) is 12.9. The fraction of sp³-hybridized carbons (Fsp3) is 0.105. The lowest BCUT2D eigenvalue weighted by atomic mass is 9.94. The zero-order chi connectivity index (χ0) is 16.8. The number of hydrogen-bond donors (Lipinski definition) is 2. The summed E-state index contributed by atoms with van der Waals surface area (Å²) in [5, 5.41) is 15.7. The molecule has 0 bridgehead atoms. The number of rotatable bonds is 6. The van der Waals surface area contributed by atoms with E-state index in [1.165, 1.54) is 29.9 Å². The first-order valence-corrected chi connectivity index (χ1v) is 8.36. The summed E-state index contributed by atoms with van der Waals surface area (Å²) in [6, 6.07) is 15.0.